The molecule has 0 aliphatic heterocycles. The maximum atomic E-state index is 13.3. The number of carbonyl (C=O) groups excluding carboxylic acids is 2. The lowest BCUT2D eigenvalue weighted by Crippen LogP contribution is -2.28. The van der Waals surface area contributed by atoms with E-state index in [2.05, 4.69) is 36.6 Å². The molecule has 3 aromatic heterocycles. The number of carbonyl (C=O) groups is 2. The molecular weight excluding hydrogens is 484 g/mol. The molecule has 2 amide bonds. The molecule has 8 nitrogen and oxygen atoms in total. The van der Waals surface area contributed by atoms with E-state index in [4.69, 9.17) is 0 Å². The molecule has 2 N–H and O–H groups in total. The number of aryl methyl sites for hydroxylation is 1. The first-order chi connectivity index (χ1) is 17.9. The number of hydrogen-bond acceptors (Lipinski definition) is 7. The molecular formula is C28H24N6O2S. The number of rotatable bonds is 6. The number of benzene rings is 2. The highest BCUT2D eigenvalue weighted by Gasteiger charge is 2.30. The topological polar surface area (TPSA) is 110 Å². The van der Waals surface area contributed by atoms with Gasteiger partial charge in [-0.1, -0.05) is 23.5 Å². The molecule has 0 saturated heterocycles. The number of hydrogen-bond donors (Lipinski definition) is 2. The van der Waals surface area contributed by atoms with Crippen LogP contribution in [0.4, 0.5) is 5.13 Å². The number of anilines is 1. The summed E-state index contributed by atoms with van der Waals surface area (Å²) in [5, 5.41) is 7.28. The van der Waals surface area contributed by atoms with E-state index in [0.29, 0.717) is 27.6 Å². The van der Waals surface area contributed by atoms with Crippen LogP contribution in [0.2, 0.25) is 0 Å². The van der Waals surface area contributed by atoms with E-state index in [0.717, 1.165) is 39.7 Å². The van der Waals surface area contributed by atoms with Crippen molar-refractivity contribution in [2.24, 2.45) is 5.92 Å². The average molecular weight is 509 g/mol. The highest BCUT2D eigenvalue weighted by Crippen LogP contribution is 2.34. The van der Waals surface area contributed by atoms with Gasteiger partial charge in [-0.05, 0) is 79.8 Å². The van der Waals surface area contributed by atoms with E-state index >= 15 is 0 Å². The first-order valence-corrected chi connectivity index (χ1v) is 13.0. The van der Waals surface area contributed by atoms with E-state index in [1.165, 1.54) is 11.3 Å². The number of fused-ring (bicyclic) bond motifs is 2. The Kier molecular flexibility index (Phi) is 5.84. The van der Waals surface area contributed by atoms with Gasteiger partial charge in [0.2, 0.25) is 5.91 Å². The Labute approximate surface area is 217 Å². The van der Waals surface area contributed by atoms with Gasteiger partial charge in [-0.25, -0.2) is 15.0 Å². The van der Waals surface area contributed by atoms with Crippen LogP contribution in [0.1, 0.15) is 47.7 Å². The molecule has 9 heteroatoms. The van der Waals surface area contributed by atoms with E-state index in [1.807, 2.05) is 49.4 Å². The molecule has 1 fully saturated rings. The molecule has 184 valence electrons. The molecule has 37 heavy (non-hydrogen) atoms. The van der Waals surface area contributed by atoms with Gasteiger partial charge in [-0.3, -0.25) is 14.6 Å². The maximum absolute atomic E-state index is 13.3. The molecule has 0 spiro atoms. The van der Waals surface area contributed by atoms with Crippen LogP contribution in [0.5, 0.6) is 0 Å². The Morgan fingerprint density at radius 1 is 0.946 bits per heavy atom. The first kappa shape index (κ1) is 23.2. The minimum Gasteiger partial charge on any atom is -0.344 e. The van der Waals surface area contributed by atoms with Gasteiger partial charge >= 0.3 is 0 Å². The molecule has 0 radical (unpaired) electrons. The highest BCUT2D eigenvalue weighted by atomic mass is 32.1. The summed E-state index contributed by atoms with van der Waals surface area (Å²) in [5.74, 6) is 0.456. The van der Waals surface area contributed by atoms with Crippen molar-refractivity contribution in [2.45, 2.75) is 32.7 Å². The lowest BCUT2D eigenvalue weighted by molar-refractivity contribution is -0.117. The second kappa shape index (κ2) is 9.33. The number of nitrogens with zero attached hydrogens (tertiary/aromatic N) is 4. The Hall–Kier alpha value is -4.24. The van der Waals surface area contributed by atoms with Crippen molar-refractivity contribution in [3.8, 4) is 11.1 Å². The first-order valence-electron chi connectivity index (χ1n) is 12.2. The molecule has 2 aromatic carbocycles. The smallest absolute Gasteiger partial charge is 0.271 e. The van der Waals surface area contributed by atoms with Crippen LogP contribution in [0.15, 0.2) is 60.9 Å². The molecule has 1 aliphatic rings. The molecule has 0 unspecified atom stereocenters. The Balaban J connectivity index is 1.32. The minimum atomic E-state index is -0.258. The monoisotopic (exact) mass is 508 g/mol. The van der Waals surface area contributed by atoms with Gasteiger partial charge < -0.3 is 10.6 Å². The number of nitrogens with one attached hydrogen (secondary N) is 2. The van der Waals surface area contributed by atoms with Crippen molar-refractivity contribution in [2.75, 3.05) is 5.32 Å². The van der Waals surface area contributed by atoms with E-state index in [9.17, 15) is 9.59 Å². The number of thiazole rings is 1. The molecule has 1 saturated carbocycles. The summed E-state index contributed by atoms with van der Waals surface area (Å²) in [7, 11) is 0. The summed E-state index contributed by atoms with van der Waals surface area (Å²) >= 11 is 1.46. The van der Waals surface area contributed by atoms with Crippen LogP contribution in [0, 0.1) is 12.8 Å². The standard InChI is InChI=1S/C28H24N6O2S/c1-15(17-9-11-29-12-10-17)30-27(36)25-21-13-19(5-7-22(21)31-16(2)32-25)20-6-8-23-24(14-20)37-28(33-23)34-26(35)18-3-4-18/h5-15,18H,3-4H2,1-2H3,(H,30,36)(H,33,34,35)/t15-/m0/s1. The third-order valence-corrected chi connectivity index (χ3v) is 7.41. The third kappa shape index (κ3) is 4.77. The summed E-state index contributed by atoms with van der Waals surface area (Å²) in [6.07, 6.45) is 5.32. The van der Waals surface area contributed by atoms with Gasteiger partial charge in [0.05, 0.1) is 21.8 Å². The van der Waals surface area contributed by atoms with Crippen LogP contribution < -0.4 is 10.6 Å². The van der Waals surface area contributed by atoms with E-state index in [-0.39, 0.29) is 23.8 Å². The fraction of sp³-hybridized carbons (Fsp3) is 0.214. The van der Waals surface area contributed by atoms with Crippen molar-refractivity contribution in [3.05, 3.63) is 78.0 Å². The predicted octanol–water partition coefficient (Wildman–Crippen LogP) is 5.45. The summed E-state index contributed by atoms with van der Waals surface area (Å²) in [4.78, 5) is 43.1. The van der Waals surface area contributed by atoms with Crippen molar-refractivity contribution in [3.63, 3.8) is 0 Å². The zero-order valence-electron chi connectivity index (χ0n) is 20.4. The second-order valence-electron chi connectivity index (χ2n) is 9.29. The van der Waals surface area contributed by atoms with Gasteiger partial charge in [0.25, 0.3) is 5.91 Å². The molecule has 0 bridgehead atoms. The molecule has 5 aromatic rings. The van der Waals surface area contributed by atoms with Crippen LogP contribution in [-0.4, -0.2) is 31.8 Å². The Morgan fingerprint density at radius 3 is 2.43 bits per heavy atom. The number of amides is 2. The van der Waals surface area contributed by atoms with Gasteiger partial charge in [0.15, 0.2) is 5.13 Å². The average Bonchev–Trinajstić information content (AvgIpc) is 3.68. The third-order valence-electron chi connectivity index (χ3n) is 6.48. The largest absolute Gasteiger partial charge is 0.344 e. The summed E-state index contributed by atoms with van der Waals surface area (Å²) in [6, 6.07) is 15.4. The Morgan fingerprint density at radius 2 is 1.68 bits per heavy atom. The predicted molar refractivity (Wildman–Crippen MR) is 144 cm³/mol. The normalized spacial score (nSPS) is 14.0. The number of pyridine rings is 1. The van der Waals surface area contributed by atoms with Crippen LogP contribution >= 0.6 is 11.3 Å². The minimum absolute atomic E-state index is 0.0492. The van der Waals surface area contributed by atoms with Crippen LogP contribution in [0.3, 0.4) is 0 Å². The van der Waals surface area contributed by atoms with Gasteiger partial charge in [-0.2, -0.15) is 0 Å². The maximum Gasteiger partial charge on any atom is 0.271 e. The van der Waals surface area contributed by atoms with Gasteiger partial charge in [-0.15, -0.1) is 0 Å². The molecule has 6 rings (SSSR count). The molecule has 3 heterocycles. The zero-order chi connectivity index (χ0) is 25.5. The highest BCUT2D eigenvalue weighted by molar-refractivity contribution is 7.22. The number of aromatic nitrogens is 4. The van der Waals surface area contributed by atoms with Gasteiger partial charge in [0.1, 0.15) is 11.5 Å². The van der Waals surface area contributed by atoms with Crippen molar-refractivity contribution >= 4 is 49.4 Å². The zero-order valence-corrected chi connectivity index (χ0v) is 21.2. The summed E-state index contributed by atoms with van der Waals surface area (Å²) < 4.78 is 0.980. The van der Waals surface area contributed by atoms with Crippen molar-refractivity contribution in [1.29, 1.82) is 0 Å². The second-order valence-corrected chi connectivity index (χ2v) is 10.3. The van der Waals surface area contributed by atoms with E-state index < -0.39 is 0 Å². The van der Waals surface area contributed by atoms with Crippen LogP contribution in [0.25, 0.3) is 32.2 Å². The fourth-order valence-electron chi connectivity index (χ4n) is 4.31. The quantitative estimate of drug-likeness (QED) is 0.316. The summed E-state index contributed by atoms with van der Waals surface area (Å²) in [5.41, 5.74) is 4.77. The SMILES string of the molecule is Cc1nc(C(=O)N[C@@H](C)c2ccncc2)c2cc(-c3ccc4nc(NC(=O)C5CC5)sc4c3)ccc2n1. The van der Waals surface area contributed by atoms with Gasteiger partial charge in [0, 0.05) is 23.7 Å². The van der Waals surface area contributed by atoms with Crippen molar-refractivity contribution < 1.29 is 9.59 Å². The van der Waals surface area contributed by atoms with Crippen LogP contribution in [-0.2, 0) is 4.79 Å². The molecule has 1 atom stereocenters. The Bertz CT molecular complexity index is 1660. The molecule has 1 aliphatic carbocycles. The fourth-order valence-corrected chi connectivity index (χ4v) is 5.22. The lowest BCUT2D eigenvalue weighted by atomic mass is 10.0. The van der Waals surface area contributed by atoms with Crippen molar-refractivity contribution in [1.82, 2.24) is 25.3 Å². The van der Waals surface area contributed by atoms with E-state index in [1.54, 1.807) is 19.3 Å². The summed E-state index contributed by atoms with van der Waals surface area (Å²) in [6.45, 7) is 3.72. The lowest BCUT2D eigenvalue weighted by Gasteiger charge is -2.15.